The maximum absolute atomic E-state index is 12.1. The van der Waals surface area contributed by atoms with Gasteiger partial charge in [0, 0.05) is 19.7 Å². The zero-order valence-electron chi connectivity index (χ0n) is 11.0. The zero-order chi connectivity index (χ0) is 12.1. The Labute approximate surface area is 110 Å². The molecular weight excluding hydrogens is 240 g/mol. The van der Waals surface area contributed by atoms with Crippen molar-refractivity contribution in [1.82, 2.24) is 4.90 Å². The van der Waals surface area contributed by atoms with Crippen molar-refractivity contribution in [2.24, 2.45) is 11.7 Å². The van der Waals surface area contributed by atoms with Crippen LogP contribution in [0.25, 0.3) is 0 Å². The summed E-state index contributed by atoms with van der Waals surface area (Å²) in [6.45, 7) is 5.43. The van der Waals surface area contributed by atoms with Gasteiger partial charge in [-0.3, -0.25) is 4.79 Å². The number of carbonyl (C=O) groups is 1. The van der Waals surface area contributed by atoms with Gasteiger partial charge in [0.15, 0.2) is 0 Å². The fourth-order valence-corrected chi connectivity index (χ4v) is 2.30. The number of hydrogen-bond donors (Lipinski definition) is 1. The van der Waals surface area contributed by atoms with E-state index in [1.165, 1.54) is 12.8 Å². The van der Waals surface area contributed by atoms with Crippen LogP contribution in [0.4, 0.5) is 0 Å². The molecule has 0 aromatic heterocycles. The lowest BCUT2D eigenvalue weighted by Gasteiger charge is -2.30. The number of hydrogen-bond acceptors (Lipinski definition) is 3. The Bertz CT molecular complexity index is 239. The van der Waals surface area contributed by atoms with Gasteiger partial charge < -0.3 is 15.4 Å². The molecule has 4 nitrogen and oxygen atoms in total. The van der Waals surface area contributed by atoms with Crippen molar-refractivity contribution in [1.29, 1.82) is 0 Å². The number of ether oxygens (including phenoxy) is 1. The summed E-state index contributed by atoms with van der Waals surface area (Å²) in [6, 6.07) is -0.210. The topological polar surface area (TPSA) is 55.6 Å². The van der Waals surface area contributed by atoms with Gasteiger partial charge in [-0.05, 0) is 25.7 Å². The molecular formula is C12H25ClN2O2. The standard InChI is InChI=1S/C12H24N2O2.ClH/c1-9-5-4-6-10(2)14(7-9)12(15)11(13)8-16-3;/h9-11H,4-8,13H2,1-3H3;1H. The van der Waals surface area contributed by atoms with Crippen molar-refractivity contribution in [2.45, 2.75) is 45.2 Å². The molecule has 1 fully saturated rings. The smallest absolute Gasteiger partial charge is 0.242 e. The summed E-state index contributed by atoms with van der Waals surface area (Å²) < 4.78 is 4.94. The summed E-state index contributed by atoms with van der Waals surface area (Å²) in [7, 11) is 1.57. The Kier molecular flexibility index (Phi) is 7.75. The number of methoxy groups -OCH3 is 1. The van der Waals surface area contributed by atoms with Crippen molar-refractivity contribution < 1.29 is 9.53 Å². The van der Waals surface area contributed by atoms with E-state index in [1.807, 2.05) is 4.90 Å². The van der Waals surface area contributed by atoms with E-state index in [1.54, 1.807) is 7.11 Å². The number of rotatable bonds is 3. The molecule has 1 aliphatic rings. The molecule has 1 heterocycles. The Hall–Kier alpha value is -0.320. The first-order valence-electron chi connectivity index (χ1n) is 6.11. The normalized spacial score (nSPS) is 26.9. The number of nitrogens with two attached hydrogens (primary N) is 1. The van der Waals surface area contributed by atoms with Crippen molar-refractivity contribution in [3.8, 4) is 0 Å². The molecule has 1 rings (SSSR count). The van der Waals surface area contributed by atoms with Crippen LogP contribution in [0.3, 0.4) is 0 Å². The maximum atomic E-state index is 12.1. The molecule has 5 heteroatoms. The molecule has 3 unspecified atom stereocenters. The highest BCUT2D eigenvalue weighted by atomic mass is 35.5. The lowest BCUT2D eigenvalue weighted by molar-refractivity contribution is -0.136. The third-order valence-electron chi connectivity index (χ3n) is 3.31. The first kappa shape index (κ1) is 16.7. The first-order valence-corrected chi connectivity index (χ1v) is 6.11. The highest BCUT2D eigenvalue weighted by Crippen LogP contribution is 2.21. The molecule has 0 saturated carbocycles. The third-order valence-corrected chi connectivity index (χ3v) is 3.31. The highest BCUT2D eigenvalue weighted by Gasteiger charge is 2.28. The van der Waals surface area contributed by atoms with Gasteiger partial charge in [0.2, 0.25) is 5.91 Å². The summed E-state index contributed by atoms with van der Waals surface area (Å²) >= 11 is 0. The van der Waals surface area contributed by atoms with E-state index < -0.39 is 6.04 Å². The summed E-state index contributed by atoms with van der Waals surface area (Å²) in [5, 5.41) is 0. The van der Waals surface area contributed by atoms with E-state index in [4.69, 9.17) is 10.5 Å². The van der Waals surface area contributed by atoms with Crippen molar-refractivity contribution >= 4 is 18.3 Å². The average Bonchev–Trinajstić information content (AvgIpc) is 2.40. The SMILES string of the molecule is COCC(N)C(=O)N1CC(C)CCCC1C.Cl. The van der Waals surface area contributed by atoms with Crippen LogP contribution in [0.5, 0.6) is 0 Å². The van der Waals surface area contributed by atoms with Gasteiger partial charge in [-0.1, -0.05) is 13.3 Å². The highest BCUT2D eigenvalue weighted by molar-refractivity contribution is 5.85. The van der Waals surface area contributed by atoms with Crippen LogP contribution in [-0.2, 0) is 9.53 Å². The molecule has 0 aliphatic carbocycles. The zero-order valence-corrected chi connectivity index (χ0v) is 11.8. The monoisotopic (exact) mass is 264 g/mol. The van der Waals surface area contributed by atoms with Crippen LogP contribution >= 0.6 is 12.4 Å². The van der Waals surface area contributed by atoms with E-state index in [0.29, 0.717) is 18.6 Å². The molecule has 3 atom stereocenters. The predicted octanol–water partition coefficient (Wildman–Crippen LogP) is 1.42. The summed E-state index contributed by atoms with van der Waals surface area (Å²) in [6.07, 6.45) is 3.48. The van der Waals surface area contributed by atoms with Crippen LogP contribution < -0.4 is 5.73 Å². The Morgan fingerprint density at radius 3 is 2.71 bits per heavy atom. The summed E-state index contributed by atoms with van der Waals surface area (Å²) in [5.74, 6) is 0.603. The second-order valence-corrected chi connectivity index (χ2v) is 4.94. The molecule has 17 heavy (non-hydrogen) atoms. The fourth-order valence-electron chi connectivity index (χ4n) is 2.30. The van der Waals surface area contributed by atoms with E-state index in [9.17, 15) is 4.79 Å². The maximum Gasteiger partial charge on any atom is 0.242 e. The first-order chi connectivity index (χ1) is 7.56. The fraction of sp³-hybridized carbons (Fsp3) is 0.917. The lowest BCUT2D eigenvalue weighted by Crippen LogP contribution is -2.50. The largest absolute Gasteiger partial charge is 0.383 e. The van der Waals surface area contributed by atoms with Crippen molar-refractivity contribution in [3.63, 3.8) is 0 Å². The van der Waals surface area contributed by atoms with Gasteiger partial charge in [-0.15, -0.1) is 12.4 Å². The van der Waals surface area contributed by atoms with Crippen LogP contribution in [0.15, 0.2) is 0 Å². The quantitative estimate of drug-likeness (QED) is 0.839. The van der Waals surface area contributed by atoms with E-state index in [0.717, 1.165) is 13.0 Å². The molecule has 0 aromatic rings. The molecule has 2 N–H and O–H groups in total. The van der Waals surface area contributed by atoms with Gasteiger partial charge >= 0.3 is 0 Å². The van der Waals surface area contributed by atoms with Gasteiger partial charge in [0.25, 0.3) is 0 Å². The summed E-state index contributed by atoms with van der Waals surface area (Å²) in [5.41, 5.74) is 5.80. The number of nitrogens with zero attached hydrogens (tertiary/aromatic N) is 1. The van der Waals surface area contributed by atoms with Gasteiger partial charge in [0.05, 0.1) is 6.61 Å². The molecule has 1 amide bonds. The Balaban J connectivity index is 0.00000256. The molecule has 0 bridgehead atoms. The minimum atomic E-state index is -0.516. The van der Waals surface area contributed by atoms with E-state index in [-0.39, 0.29) is 18.3 Å². The number of halogens is 1. The molecule has 102 valence electrons. The van der Waals surface area contributed by atoms with E-state index in [2.05, 4.69) is 13.8 Å². The lowest BCUT2D eigenvalue weighted by atomic mass is 10.1. The Morgan fingerprint density at radius 1 is 1.47 bits per heavy atom. The van der Waals surface area contributed by atoms with Gasteiger partial charge in [-0.2, -0.15) is 0 Å². The summed E-state index contributed by atoms with van der Waals surface area (Å²) in [4.78, 5) is 14.0. The number of likely N-dealkylation sites (tertiary alicyclic amines) is 1. The van der Waals surface area contributed by atoms with Crippen LogP contribution in [0, 0.1) is 5.92 Å². The van der Waals surface area contributed by atoms with Crippen LogP contribution in [0.2, 0.25) is 0 Å². The van der Waals surface area contributed by atoms with Crippen molar-refractivity contribution in [3.05, 3.63) is 0 Å². The molecule has 0 spiro atoms. The minimum absolute atomic E-state index is 0. The van der Waals surface area contributed by atoms with Crippen molar-refractivity contribution in [2.75, 3.05) is 20.3 Å². The van der Waals surface area contributed by atoms with Crippen LogP contribution in [-0.4, -0.2) is 43.2 Å². The molecule has 0 aromatic carbocycles. The average molecular weight is 265 g/mol. The molecule has 1 saturated heterocycles. The number of amides is 1. The second-order valence-electron chi connectivity index (χ2n) is 4.94. The molecule has 0 radical (unpaired) electrons. The Morgan fingerprint density at radius 2 is 2.12 bits per heavy atom. The predicted molar refractivity (Wildman–Crippen MR) is 71.3 cm³/mol. The molecule has 1 aliphatic heterocycles. The minimum Gasteiger partial charge on any atom is -0.383 e. The van der Waals surface area contributed by atoms with E-state index >= 15 is 0 Å². The third kappa shape index (κ3) is 4.82. The van der Waals surface area contributed by atoms with Crippen LogP contribution in [0.1, 0.15) is 33.1 Å². The number of carbonyl (C=O) groups excluding carboxylic acids is 1. The van der Waals surface area contributed by atoms with Gasteiger partial charge in [-0.25, -0.2) is 0 Å². The van der Waals surface area contributed by atoms with Gasteiger partial charge in [0.1, 0.15) is 6.04 Å². The second kappa shape index (κ2) is 7.90.